The van der Waals surface area contributed by atoms with Gasteiger partial charge in [-0.1, -0.05) is 67.6 Å². The normalized spacial score (nSPS) is 27.7. The van der Waals surface area contributed by atoms with Gasteiger partial charge in [-0.25, -0.2) is 9.59 Å². The Balaban J connectivity index is 0.000000152. The number of likely N-dealkylation sites (tertiary alicyclic amines) is 2. The van der Waals surface area contributed by atoms with Gasteiger partial charge in [-0.3, -0.25) is 24.1 Å². The first kappa shape index (κ1) is 39.7. The summed E-state index contributed by atoms with van der Waals surface area (Å²) in [5.41, 5.74) is 2.68. The fourth-order valence-corrected chi connectivity index (χ4v) is 11.0. The first-order chi connectivity index (χ1) is 28.5. The molecule has 8 fully saturated rings. The third-order valence-corrected chi connectivity index (χ3v) is 14.2. The fourth-order valence-electron chi connectivity index (χ4n) is 11.0. The predicted molar refractivity (Wildman–Crippen MR) is 216 cm³/mol. The molecule has 0 radical (unpaired) electrons. The maximum atomic E-state index is 12.9. The molecule has 15 heteroatoms. The first-order valence-electron chi connectivity index (χ1n) is 21.6. The number of hydrogen-bond acceptors (Lipinski definition) is 8. The number of amides is 7. The number of hydroxylamine groups is 4. The van der Waals surface area contributed by atoms with Crippen LogP contribution in [0.25, 0.3) is 0 Å². The third kappa shape index (κ3) is 7.88. The molecular weight excluding hydrogens is 753 g/mol. The molecule has 0 aromatic heterocycles. The average Bonchev–Trinajstić information content (AvgIpc) is 3.56. The number of piperidine rings is 2. The molecule has 15 nitrogen and oxygen atoms in total. The summed E-state index contributed by atoms with van der Waals surface area (Å²) in [6.45, 7) is 10.7. The maximum absolute atomic E-state index is 12.9. The van der Waals surface area contributed by atoms with Crippen LogP contribution < -0.4 is 10.6 Å². The molecule has 8 aliphatic rings. The van der Waals surface area contributed by atoms with Crippen molar-refractivity contribution in [2.45, 2.75) is 115 Å². The minimum Gasteiger partial charge on any atom is -0.352 e. The number of carbonyl (C=O) groups excluding carboxylic acids is 5. The zero-order chi connectivity index (χ0) is 40.9. The second-order valence-corrected chi connectivity index (χ2v) is 18.4. The Hall–Kier alpha value is -4.73. The summed E-state index contributed by atoms with van der Waals surface area (Å²) in [7, 11) is 0. The largest absolute Gasteiger partial charge is 0.352 e. The maximum Gasteiger partial charge on any atom is 0.345 e. The highest BCUT2D eigenvalue weighted by molar-refractivity contribution is 5.89. The minimum atomic E-state index is -0.425. The Morgan fingerprint density at radius 2 is 1.07 bits per heavy atom. The zero-order valence-corrected chi connectivity index (χ0v) is 34.3. The van der Waals surface area contributed by atoms with E-state index in [1.54, 1.807) is 16.7 Å². The van der Waals surface area contributed by atoms with Crippen LogP contribution in [0.1, 0.15) is 76.3 Å². The molecule has 4 bridgehead atoms. The molecule has 4 atom stereocenters. The van der Waals surface area contributed by atoms with E-state index in [-0.39, 0.29) is 65.4 Å². The van der Waals surface area contributed by atoms with E-state index in [9.17, 15) is 24.0 Å². The summed E-state index contributed by atoms with van der Waals surface area (Å²) < 4.78 is 0. The van der Waals surface area contributed by atoms with Gasteiger partial charge in [0.05, 0.1) is 12.1 Å². The van der Waals surface area contributed by atoms with E-state index in [2.05, 4.69) is 22.5 Å². The van der Waals surface area contributed by atoms with Crippen LogP contribution in [0.15, 0.2) is 60.7 Å². The van der Waals surface area contributed by atoms with Crippen LogP contribution >= 0.6 is 0 Å². The molecule has 2 N–H and O–H groups in total. The van der Waals surface area contributed by atoms with E-state index in [4.69, 9.17) is 9.68 Å². The fraction of sp³-hybridized carbons (Fsp3) is 0.614. The molecule has 7 amide bonds. The van der Waals surface area contributed by atoms with E-state index >= 15 is 0 Å². The van der Waals surface area contributed by atoms with Gasteiger partial charge in [0, 0.05) is 63.7 Å². The number of urea groups is 2. The molecule has 6 saturated heterocycles. The molecule has 2 spiro atoms. The average molecular weight is 811 g/mol. The Morgan fingerprint density at radius 3 is 1.47 bits per heavy atom. The molecule has 10 rings (SSSR count). The lowest BCUT2D eigenvalue weighted by Crippen LogP contribution is -2.68. The number of carbonyl (C=O) groups is 5. The third-order valence-electron chi connectivity index (χ3n) is 14.2. The van der Waals surface area contributed by atoms with Crippen molar-refractivity contribution in [1.82, 2.24) is 40.4 Å². The number of benzene rings is 2. The Labute approximate surface area is 346 Å². The number of nitrogens with one attached hydrogen (secondary N) is 2. The van der Waals surface area contributed by atoms with Gasteiger partial charge in [0.25, 0.3) is 0 Å². The molecule has 2 aliphatic carbocycles. The van der Waals surface area contributed by atoms with Crippen molar-refractivity contribution < 1.29 is 33.6 Å². The Morgan fingerprint density at radius 1 is 0.644 bits per heavy atom. The standard InChI is InChI=1S/C22H28N4O4.C22H30N4O3/c1-15(27)24-13-22(14-24)9-17(10-22)23-20(28)19-8-7-18-11-25(19)21(29)26(18)30-12-16-5-3-2-4-6-16;1-2-24-14-22(15-24)10-17(11-22)23-20(27)19-9-8-18-12-25(19)21(28)26(18)29-13-16-6-4-3-5-7-16/h2-6,17-19H,7-14H2,1H3,(H,23,28);3-7,17-19H,2,8-15H2,1H3,(H,23,27)/t2*18-,19+/m11/s1. The molecule has 2 saturated carbocycles. The number of hydrogen-bond donors (Lipinski definition) is 2. The second-order valence-electron chi connectivity index (χ2n) is 18.4. The van der Waals surface area contributed by atoms with Crippen molar-refractivity contribution >= 4 is 29.8 Å². The van der Waals surface area contributed by atoms with E-state index in [0.717, 1.165) is 69.3 Å². The monoisotopic (exact) mass is 810 g/mol. The zero-order valence-electron chi connectivity index (χ0n) is 34.3. The highest BCUT2D eigenvalue weighted by Crippen LogP contribution is 2.49. The molecular formula is C44H58N8O7. The van der Waals surface area contributed by atoms with Crippen molar-refractivity contribution in [3.8, 4) is 0 Å². The lowest BCUT2D eigenvalue weighted by Gasteiger charge is -2.59. The Bertz CT molecular complexity index is 1890. The molecule has 0 unspecified atom stereocenters. The van der Waals surface area contributed by atoms with Gasteiger partial charge in [-0.05, 0) is 74.5 Å². The predicted octanol–water partition coefficient (Wildman–Crippen LogP) is 3.50. The lowest BCUT2D eigenvalue weighted by atomic mass is 9.60. The van der Waals surface area contributed by atoms with Crippen LogP contribution in [0, 0.1) is 10.8 Å². The summed E-state index contributed by atoms with van der Waals surface area (Å²) in [5.74, 6) is 0.0685. The smallest absolute Gasteiger partial charge is 0.345 e. The van der Waals surface area contributed by atoms with Gasteiger partial charge in [0.15, 0.2) is 0 Å². The van der Waals surface area contributed by atoms with Gasteiger partial charge in [-0.15, -0.1) is 0 Å². The van der Waals surface area contributed by atoms with Crippen LogP contribution in [0.4, 0.5) is 9.59 Å². The van der Waals surface area contributed by atoms with Crippen LogP contribution in [0.5, 0.6) is 0 Å². The van der Waals surface area contributed by atoms with E-state index in [1.807, 2.05) is 65.6 Å². The highest BCUT2D eigenvalue weighted by Gasteiger charge is 2.56. The number of fused-ring (bicyclic) bond motifs is 4. The van der Waals surface area contributed by atoms with Crippen molar-refractivity contribution in [3.63, 3.8) is 0 Å². The summed E-state index contributed by atoms with van der Waals surface area (Å²) in [5, 5.41) is 9.30. The summed E-state index contributed by atoms with van der Waals surface area (Å²) in [6.07, 6.45) is 6.90. The molecule has 2 aromatic rings. The van der Waals surface area contributed by atoms with Gasteiger partial charge >= 0.3 is 12.1 Å². The summed E-state index contributed by atoms with van der Waals surface area (Å²) in [4.78, 5) is 82.2. The quantitative estimate of drug-likeness (QED) is 0.351. The van der Waals surface area contributed by atoms with Crippen molar-refractivity contribution in [3.05, 3.63) is 71.8 Å². The number of rotatable bonds is 11. The number of nitrogens with zero attached hydrogens (tertiary/aromatic N) is 6. The van der Waals surface area contributed by atoms with Gasteiger partial charge in [-0.2, -0.15) is 10.1 Å². The van der Waals surface area contributed by atoms with Gasteiger partial charge < -0.3 is 30.2 Å². The van der Waals surface area contributed by atoms with Crippen LogP contribution in [-0.4, -0.2) is 142 Å². The van der Waals surface area contributed by atoms with E-state index in [0.29, 0.717) is 44.6 Å². The van der Waals surface area contributed by atoms with Crippen molar-refractivity contribution in [1.29, 1.82) is 0 Å². The van der Waals surface area contributed by atoms with Gasteiger partial charge in [0.1, 0.15) is 25.3 Å². The highest BCUT2D eigenvalue weighted by atomic mass is 16.7. The van der Waals surface area contributed by atoms with Crippen molar-refractivity contribution in [2.75, 3.05) is 45.8 Å². The summed E-state index contributed by atoms with van der Waals surface area (Å²) >= 11 is 0. The van der Waals surface area contributed by atoms with Gasteiger partial charge in [0.2, 0.25) is 17.7 Å². The second kappa shape index (κ2) is 16.0. The summed E-state index contributed by atoms with van der Waals surface area (Å²) in [6, 6.07) is 18.9. The Kier molecular flexibility index (Phi) is 10.8. The van der Waals surface area contributed by atoms with Crippen LogP contribution in [0.3, 0.4) is 0 Å². The molecule has 316 valence electrons. The van der Waals surface area contributed by atoms with E-state index in [1.165, 1.54) is 23.2 Å². The SMILES string of the molecule is CC(=O)N1CC2(CC(NC(=O)[C@@H]3CC[C@@H]4CN3C(=O)N4OCc3ccccc3)C2)C1.CCN1CC2(CC(NC(=O)[C@@H]3CC[C@@H]4CN3C(=O)N4OCc3ccccc3)C2)C1. The first-order valence-corrected chi connectivity index (χ1v) is 21.6. The van der Waals surface area contributed by atoms with Crippen LogP contribution in [0.2, 0.25) is 0 Å². The van der Waals surface area contributed by atoms with E-state index < -0.39 is 6.04 Å². The van der Waals surface area contributed by atoms with Crippen LogP contribution in [-0.2, 0) is 37.3 Å². The molecule has 6 aliphatic heterocycles. The minimum absolute atomic E-state index is 0.00442. The molecule has 59 heavy (non-hydrogen) atoms. The molecule has 2 aromatic carbocycles. The topological polar surface area (TPSA) is 147 Å². The van der Waals surface area contributed by atoms with Crippen molar-refractivity contribution in [2.24, 2.45) is 10.8 Å². The lowest BCUT2D eigenvalue weighted by molar-refractivity contribution is -0.151. The molecule has 6 heterocycles.